The summed E-state index contributed by atoms with van der Waals surface area (Å²) in [5.41, 5.74) is 3.28. The van der Waals surface area contributed by atoms with Crippen molar-refractivity contribution in [3.8, 4) is 22.8 Å². The topological polar surface area (TPSA) is 73.6 Å². The molecule has 0 radical (unpaired) electrons. The lowest BCUT2D eigenvalue weighted by atomic mass is 10.2. The van der Waals surface area contributed by atoms with Crippen LogP contribution in [-0.2, 0) is 0 Å². The third-order valence-corrected chi connectivity index (χ3v) is 3.98. The lowest BCUT2D eigenvalue weighted by molar-refractivity contribution is 0.355. The van der Waals surface area contributed by atoms with Crippen molar-refractivity contribution in [3.05, 3.63) is 61.3 Å². The maximum absolute atomic E-state index is 5.37. The quantitative estimate of drug-likeness (QED) is 0.595. The van der Waals surface area contributed by atoms with Gasteiger partial charge in [0.25, 0.3) is 0 Å². The maximum Gasteiger partial charge on any atom is 0.180 e. The van der Waals surface area contributed by atoms with Gasteiger partial charge in [0.1, 0.15) is 0 Å². The highest BCUT2D eigenvalue weighted by Gasteiger charge is 2.11. The average molecular weight is 347 g/mol. The number of nitrogens with one attached hydrogen (secondary N) is 1. The van der Waals surface area contributed by atoms with E-state index in [-0.39, 0.29) is 0 Å². The van der Waals surface area contributed by atoms with Crippen molar-refractivity contribution in [2.45, 2.75) is 0 Å². The first-order valence-electron chi connectivity index (χ1n) is 8.01. The molecule has 0 aliphatic heterocycles. The van der Waals surface area contributed by atoms with E-state index in [0.29, 0.717) is 17.3 Å². The highest BCUT2D eigenvalue weighted by molar-refractivity contribution is 5.74. The molecule has 1 aromatic carbocycles. The van der Waals surface area contributed by atoms with Crippen LogP contribution in [0.25, 0.3) is 16.9 Å². The Labute approximate surface area is 150 Å². The van der Waals surface area contributed by atoms with Crippen LogP contribution in [0.4, 0.5) is 11.5 Å². The lowest BCUT2D eigenvalue weighted by Gasteiger charge is -2.12. The number of methoxy groups -OCH3 is 2. The summed E-state index contributed by atoms with van der Waals surface area (Å²) >= 11 is 0. The molecule has 0 saturated carbocycles. The number of benzene rings is 1. The number of rotatable bonds is 5. The fourth-order valence-electron chi connectivity index (χ4n) is 2.72. The number of nitrogens with zero attached hydrogens (tertiary/aromatic N) is 4. The van der Waals surface area contributed by atoms with Crippen LogP contribution in [0.2, 0.25) is 0 Å². The molecule has 0 aliphatic rings. The summed E-state index contributed by atoms with van der Waals surface area (Å²) in [6.45, 7) is 0. The van der Waals surface area contributed by atoms with Crippen molar-refractivity contribution in [2.75, 3.05) is 19.5 Å². The summed E-state index contributed by atoms with van der Waals surface area (Å²) in [6.07, 6.45) is 9.08. The van der Waals surface area contributed by atoms with E-state index in [2.05, 4.69) is 15.3 Å². The summed E-state index contributed by atoms with van der Waals surface area (Å²) in [5.74, 6) is 1.95. The first-order chi connectivity index (χ1) is 12.8. The molecule has 0 unspecified atom stereocenters. The molecule has 0 atom stereocenters. The SMILES string of the molecule is COc1ccc(Nc2nc(-c3cccnc3)cn3ccnc23)cc1OC. The molecule has 26 heavy (non-hydrogen) atoms. The van der Waals surface area contributed by atoms with Crippen LogP contribution in [0, 0.1) is 0 Å². The van der Waals surface area contributed by atoms with Crippen LogP contribution in [0.1, 0.15) is 0 Å². The summed E-state index contributed by atoms with van der Waals surface area (Å²) in [7, 11) is 3.22. The molecular weight excluding hydrogens is 330 g/mol. The van der Waals surface area contributed by atoms with E-state index in [0.717, 1.165) is 22.6 Å². The molecular formula is C19H17N5O2. The molecule has 0 saturated heterocycles. The predicted molar refractivity (Wildman–Crippen MR) is 99.0 cm³/mol. The summed E-state index contributed by atoms with van der Waals surface area (Å²) in [6, 6.07) is 9.46. The normalized spacial score (nSPS) is 10.7. The molecule has 7 heteroatoms. The van der Waals surface area contributed by atoms with E-state index in [4.69, 9.17) is 14.5 Å². The van der Waals surface area contributed by atoms with Gasteiger partial charge in [-0.2, -0.15) is 0 Å². The van der Waals surface area contributed by atoms with Gasteiger partial charge in [0, 0.05) is 48.3 Å². The van der Waals surface area contributed by atoms with Crippen molar-refractivity contribution < 1.29 is 9.47 Å². The molecule has 0 spiro atoms. The van der Waals surface area contributed by atoms with Crippen LogP contribution in [-0.4, -0.2) is 33.6 Å². The fraction of sp³-hybridized carbons (Fsp3) is 0.105. The molecule has 0 bridgehead atoms. The molecule has 3 aromatic heterocycles. The molecule has 0 aliphatic carbocycles. The van der Waals surface area contributed by atoms with Crippen molar-refractivity contribution in [2.24, 2.45) is 0 Å². The number of anilines is 2. The zero-order chi connectivity index (χ0) is 17.9. The third-order valence-electron chi connectivity index (χ3n) is 3.98. The zero-order valence-electron chi connectivity index (χ0n) is 14.4. The van der Waals surface area contributed by atoms with Crippen LogP contribution >= 0.6 is 0 Å². The van der Waals surface area contributed by atoms with Crippen molar-refractivity contribution >= 4 is 17.2 Å². The van der Waals surface area contributed by atoms with Gasteiger partial charge in [-0.15, -0.1) is 0 Å². The smallest absolute Gasteiger partial charge is 0.180 e. The molecule has 4 rings (SSSR count). The van der Waals surface area contributed by atoms with Crippen LogP contribution in [0.5, 0.6) is 11.5 Å². The molecule has 3 heterocycles. The van der Waals surface area contributed by atoms with Gasteiger partial charge in [-0.3, -0.25) is 4.98 Å². The average Bonchev–Trinajstić information content (AvgIpc) is 3.17. The zero-order valence-corrected chi connectivity index (χ0v) is 14.4. The molecule has 0 amide bonds. The monoisotopic (exact) mass is 347 g/mol. The number of fused-ring (bicyclic) bond motifs is 1. The van der Waals surface area contributed by atoms with Crippen LogP contribution in [0.15, 0.2) is 61.3 Å². The number of hydrogen-bond donors (Lipinski definition) is 1. The maximum atomic E-state index is 5.37. The Hall–Kier alpha value is -3.61. The molecule has 4 aromatic rings. The first kappa shape index (κ1) is 15.9. The van der Waals surface area contributed by atoms with E-state index >= 15 is 0 Å². The van der Waals surface area contributed by atoms with Crippen molar-refractivity contribution in [1.82, 2.24) is 19.4 Å². The van der Waals surface area contributed by atoms with Gasteiger partial charge in [0.05, 0.1) is 19.9 Å². The van der Waals surface area contributed by atoms with Gasteiger partial charge < -0.3 is 19.2 Å². The largest absolute Gasteiger partial charge is 0.493 e. The second-order valence-corrected chi connectivity index (χ2v) is 5.57. The third kappa shape index (κ3) is 2.90. The Balaban J connectivity index is 1.77. The number of pyridine rings is 1. The van der Waals surface area contributed by atoms with Gasteiger partial charge in [0.15, 0.2) is 23.0 Å². The van der Waals surface area contributed by atoms with E-state index in [1.165, 1.54) is 0 Å². The Morgan fingerprint density at radius 3 is 2.69 bits per heavy atom. The molecule has 130 valence electrons. The molecule has 0 fully saturated rings. The van der Waals surface area contributed by atoms with Crippen LogP contribution < -0.4 is 14.8 Å². The van der Waals surface area contributed by atoms with Gasteiger partial charge in [-0.25, -0.2) is 9.97 Å². The minimum Gasteiger partial charge on any atom is -0.493 e. The van der Waals surface area contributed by atoms with Gasteiger partial charge in [0.2, 0.25) is 0 Å². The van der Waals surface area contributed by atoms with Gasteiger partial charge >= 0.3 is 0 Å². The second kappa shape index (κ2) is 6.72. The Bertz CT molecular complexity index is 1050. The van der Waals surface area contributed by atoms with E-state index < -0.39 is 0 Å². The number of hydrogen-bond acceptors (Lipinski definition) is 6. The van der Waals surface area contributed by atoms with Crippen LogP contribution in [0.3, 0.4) is 0 Å². The van der Waals surface area contributed by atoms with Gasteiger partial charge in [-0.05, 0) is 24.3 Å². The summed E-state index contributed by atoms with van der Waals surface area (Å²) in [4.78, 5) is 13.3. The Morgan fingerprint density at radius 2 is 1.92 bits per heavy atom. The fourth-order valence-corrected chi connectivity index (χ4v) is 2.72. The second-order valence-electron chi connectivity index (χ2n) is 5.57. The predicted octanol–water partition coefficient (Wildman–Crippen LogP) is 3.55. The molecule has 7 nitrogen and oxygen atoms in total. The Morgan fingerprint density at radius 1 is 1.04 bits per heavy atom. The van der Waals surface area contributed by atoms with E-state index in [1.807, 2.05) is 47.1 Å². The van der Waals surface area contributed by atoms with Gasteiger partial charge in [-0.1, -0.05) is 0 Å². The van der Waals surface area contributed by atoms with Crippen molar-refractivity contribution in [3.63, 3.8) is 0 Å². The first-order valence-corrected chi connectivity index (χ1v) is 8.01. The standard InChI is InChI=1S/C19H17N5O2/c1-25-16-6-5-14(10-17(16)26-2)22-18-19-21-8-9-24(19)12-15(23-18)13-4-3-7-20-11-13/h3-12H,1-2H3,(H,22,23). The summed E-state index contributed by atoms with van der Waals surface area (Å²) < 4.78 is 12.6. The number of aromatic nitrogens is 4. The van der Waals surface area contributed by atoms with E-state index in [9.17, 15) is 0 Å². The minimum atomic E-state index is 0.639. The molecule has 1 N–H and O–H groups in total. The Kier molecular flexibility index (Phi) is 4.10. The highest BCUT2D eigenvalue weighted by Crippen LogP contribution is 2.32. The minimum absolute atomic E-state index is 0.639. The number of imidazole rings is 1. The van der Waals surface area contributed by atoms with Crippen molar-refractivity contribution in [1.29, 1.82) is 0 Å². The highest BCUT2D eigenvalue weighted by atomic mass is 16.5. The van der Waals surface area contributed by atoms with E-state index in [1.54, 1.807) is 32.8 Å². The lowest BCUT2D eigenvalue weighted by Crippen LogP contribution is -2.01. The summed E-state index contributed by atoms with van der Waals surface area (Å²) in [5, 5.41) is 3.32. The number of ether oxygens (including phenoxy) is 2.